The second-order valence-corrected chi connectivity index (χ2v) is 8.80. The number of carbonyl (C=O) groups excluding carboxylic acids is 2. The molecule has 6 heteroatoms. The van der Waals surface area contributed by atoms with E-state index in [1.54, 1.807) is 16.2 Å². The molecular formula is C25H21N3O2S. The number of fused-ring (bicyclic) bond motifs is 2. The van der Waals surface area contributed by atoms with Crippen LogP contribution in [0.5, 0.6) is 0 Å². The van der Waals surface area contributed by atoms with Crippen LogP contribution >= 0.6 is 11.3 Å². The lowest BCUT2D eigenvalue weighted by atomic mass is 10.00. The summed E-state index contributed by atoms with van der Waals surface area (Å²) in [5.74, 6) is -1.11. The topological polar surface area (TPSA) is 62.3 Å². The molecule has 0 bridgehead atoms. The summed E-state index contributed by atoms with van der Waals surface area (Å²) in [6.07, 6.45) is 0.769. The van der Waals surface area contributed by atoms with Crippen LogP contribution in [0.15, 0.2) is 66.7 Å². The van der Waals surface area contributed by atoms with Crippen LogP contribution in [0, 0.1) is 6.92 Å². The van der Waals surface area contributed by atoms with E-state index in [2.05, 4.69) is 30.4 Å². The van der Waals surface area contributed by atoms with Crippen molar-refractivity contribution in [1.82, 2.24) is 9.88 Å². The fourth-order valence-electron chi connectivity index (χ4n) is 3.85. The van der Waals surface area contributed by atoms with Gasteiger partial charge in [-0.25, -0.2) is 4.98 Å². The van der Waals surface area contributed by atoms with Gasteiger partial charge in [0.05, 0.1) is 10.2 Å². The molecule has 4 aromatic rings. The predicted octanol–water partition coefficient (Wildman–Crippen LogP) is 4.80. The lowest BCUT2D eigenvalue weighted by Crippen LogP contribution is -2.42. The zero-order valence-corrected chi connectivity index (χ0v) is 17.9. The second-order valence-electron chi connectivity index (χ2n) is 7.77. The van der Waals surface area contributed by atoms with E-state index < -0.39 is 11.8 Å². The molecule has 1 aliphatic heterocycles. The molecule has 31 heavy (non-hydrogen) atoms. The lowest BCUT2D eigenvalue weighted by molar-refractivity contribution is -0.143. The van der Waals surface area contributed by atoms with Gasteiger partial charge in [-0.05, 0) is 66.4 Å². The maximum absolute atomic E-state index is 12.6. The zero-order chi connectivity index (χ0) is 21.4. The molecule has 0 radical (unpaired) electrons. The van der Waals surface area contributed by atoms with Gasteiger partial charge in [0.2, 0.25) is 0 Å². The van der Waals surface area contributed by atoms with Gasteiger partial charge < -0.3 is 10.2 Å². The van der Waals surface area contributed by atoms with Gasteiger partial charge in [-0.15, -0.1) is 11.3 Å². The monoisotopic (exact) mass is 427 g/mol. The van der Waals surface area contributed by atoms with E-state index in [0.717, 1.165) is 32.8 Å². The first-order chi connectivity index (χ1) is 15.1. The molecule has 1 N–H and O–H groups in total. The maximum atomic E-state index is 12.6. The number of nitrogens with zero attached hydrogens (tertiary/aromatic N) is 2. The Bertz CT molecular complexity index is 1290. The normalized spacial score (nSPS) is 13.1. The molecule has 154 valence electrons. The molecule has 3 aromatic carbocycles. The van der Waals surface area contributed by atoms with E-state index in [-0.39, 0.29) is 0 Å². The van der Waals surface area contributed by atoms with Crippen LogP contribution < -0.4 is 5.32 Å². The van der Waals surface area contributed by atoms with Crippen molar-refractivity contribution in [3.8, 4) is 10.6 Å². The van der Waals surface area contributed by atoms with Crippen LogP contribution in [-0.4, -0.2) is 28.2 Å². The van der Waals surface area contributed by atoms with Crippen LogP contribution in [0.2, 0.25) is 0 Å². The first kappa shape index (κ1) is 19.5. The molecule has 2 amide bonds. The third kappa shape index (κ3) is 3.94. The molecule has 1 aliphatic rings. The summed E-state index contributed by atoms with van der Waals surface area (Å²) >= 11 is 1.64. The molecule has 0 saturated carbocycles. The minimum Gasteiger partial charge on any atom is -0.330 e. The number of anilines is 1. The largest absolute Gasteiger partial charge is 0.330 e. The van der Waals surface area contributed by atoms with Gasteiger partial charge >= 0.3 is 11.8 Å². The summed E-state index contributed by atoms with van der Waals surface area (Å²) in [6.45, 7) is 3.10. The average Bonchev–Trinajstić information content (AvgIpc) is 3.22. The summed E-state index contributed by atoms with van der Waals surface area (Å²) in [6, 6.07) is 21.7. The van der Waals surface area contributed by atoms with Gasteiger partial charge in [-0.2, -0.15) is 0 Å². The number of hydrogen-bond acceptors (Lipinski definition) is 4. The highest BCUT2D eigenvalue weighted by Gasteiger charge is 2.25. The van der Waals surface area contributed by atoms with Gasteiger partial charge in [0.25, 0.3) is 0 Å². The fourth-order valence-corrected chi connectivity index (χ4v) is 4.92. The molecule has 0 aliphatic carbocycles. The Balaban J connectivity index is 1.27. The van der Waals surface area contributed by atoms with Gasteiger partial charge in [0, 0.05) is 24.3 Å². The molecule has 0 fully saturated rings. The van der Waals surface area contributed by atoms with Crippen molar-refractivity contribution < 1.29 is 9.59 Å². The van der Waals surface area contributed by atoms with Crippen molar-refractivity contribution in [1.29, 1.82) is 0 Å². The van der Waals surface area contributed by atoms with Crippen molar-refractivity contribution in [2.45, 2.75) is 19.9 Å². The Kier molecular flexibility index (Phi) is 5.00. The smallest absolute Gasteiger partial charge is 0.313 e. The van der Waals surface area contributed by atoms with Crippen molar-refractivity contribution in [2.75, 3.05) is 11.9 Å². The zero-order valence-electron chi connectivity index (χ0n) is 17.1. The van der Waals surface area contributed by atoms with Crippen molar-refractivity contribution in [3.05, 3.63) is 83.4 Å². The van der Waals surface area contributed by atoms with Crippen LogP contribution in [-0.2, 0) is 22.6 Å². The molecule has 2 heterocycles. The quantitative estimate of drug-likeness (QED) is 0.468. The molecular weight excluding hydrogens is 406 g/mol. The highest BCUT2D eigenvalue weighted by atomic mass is 32.1. The number of amides is 2. The summed E-state index contributed by atoms with van der Waals surface area (Å²) in [7, 11) is 0. The Morgan fingerprint density at radius 3 is 2.58 bits per heavy atom. The molecule has 0 saturated heterocycles. The van der Waals surface area contributed by atoms with Gasteiger partial charge in [-0.3, -0.25) is 9.59 Å². The molecule has 0 atom stereocenters. The Labute approximate surface area is 184 Å². The SMILES string of the molecule is Cc1ccc2nc(-c3ccc(NC(=O)C(=O)N4CCc5ccccc5C4)cc3)sc2c1. The molecule has 0 spiro atoms. The first-order valence-corrected chi connectivity index (χ1v) is 11.0. The molecule has 5 rings (SSSR count). The summed E-state index contributed by atoms with van der Waals surface area (Å²) < 4.78 is 1.15. The van der Waals surface area contributed by atoms with Crippen LogP contribution in [0.25, 0.3) is 20.8 Å². The van der Waals surface area contributed by atoms with E-state index in [0.29, 0.717) is 18.8 Å². The van der Waals surface area contributed by atoms with Gasteiger partial charge in [-0.1, -0.05) is 30.3 Å². The van der Waals surface area contributed by atoms with E-state index >= 15 is 0 Å². The Morgan fingerprint density at radius 2 is 1.77 bits per heavy atom. The number of rotatable bonds is 2. The van der Waals surface area contributed by atoms with E-state index in [1.165, 1.54) is 11.1 Å². The second kappa shape index (κ2) is 7.96. The first-order valence-electron chi connectivity index (χ1n) is 10.2. The minimum atomic E-state index is -0.609. The highest BCUT2D eigenvalue weighted by molar-refractivity contribution is 7.21. The lowest BCUT2D eigenvalue weighted by Gasteiger charge is -2.28. The van der Waals surface area contributed by atoms with E-state index in [1.807, 2.05) is 48.5 Å². The van der Waals surface area contributed by atoms with Crippen molar-refractivity contribution in [3.63, 3.8) is 0 Å². The van der Waals surface area contributed by atoms with Crippen LogP contribution in [0.4, 0.5) is 5.69 Å². The van der Waals surface area contributed by atoms with E-state index in [4.69, 9.17) is 4.98 Å². The summed E-state index contributed by atoms with van der Waals surface area (Å²) in [4.78, 5) is 31.4. The minimum absolute atomic E-state index is 0.471. The number of aryl methyl sites for hydroxylation is 1. The third-order valence-corrected chi connectivity index (χ3v) is 6.61. The van der Waals surface area contributed by atoms with Crippen molar-refractivity contribution >= 4 is 39.1 Å². The molecule has 1 aromatic heterocycles. The number of nitrogens with one attached hydrogen (secondary N) is 1. The van der Waals surface area contributed by atoms with Gasteiger partial charge in [0.15, 0.2) is 0 Å². The summed E-state index contributed by atoms with van der Waals surface area (Å²) in [5.41, 5.74) is 6.12. The van der Waals surface area contributed by atoms with E-state index in [9.17, 15) is 9.59 Å². The molecule has 0 unspecified atom stereocenters. The number of carbonyl (C=O) groups is 2. The predicted molar refractivity (Wildman–Crippen MR) is 124 cm³/mol. The van der Waals surface area contributed by atoms with Gasteiger partial charge in [0.1, 0.15) is 5.01 Å². The number of thiazole rings is 1. The Morgan fingerprint density at radius 1 is 1.00 bits per heavy atom. The van der Waals surface area contributed by atoms with Crippen LogP contribution in [0.1, 0.15) is 16.7 Å². The standard InChI is InChI=1S/C25H21N3O2S/c1-16-6-11-21-22(14-16)31-24(27-21)18-7-9-20(10-8-18)26-23(29)25(30)28-13-12-17-4-2-3-5-19(17)15-28/h2-11,14H,12-13,15H2,1H3,(H,26,29). The van der Waals surface area contributed by atoms with Crippen LogP contribution in [0.3, 0.4) is 0 Å². The molecule has 5 nitrogen and oxygen atoms in total. The number of hydrogen-bond donors (Lipinski definition) is 1. The van der Waals surface area contributed by atoms with Crippen molar-refractivity contribution in [2.24, 2.45) is 0 Å². The maximum Gasteiger partial charge on any atom is 0.313 e. The number of benzene rings is 3. The fraction of sp³-hybridized carbons (Fsp3) is 0.160. The average molecular weight is 428 g/mol. The Hall–Kier alpha value is -3.51. The summed E-state index contributed by atoms with van der Waals surface area (Å²) in [5, 5.41) is 3.66. The third-order valence-electron chi connectivity index (χ3n) is 5.55. The highest BCUT2D eigenvalue weighted by Crippen LogP contribution is 2.31. The number of aromatic nitrogens is 1.